The number of aromatic nitrogens is 1. The van der Waals surface area contributed by atoms with Crippen LogP contribution in [0.3, 0.4) is 0 Å². The summed E-state index contributed by atoms with van der Waals surface area (Å²) in [6, 6.07) is 1.06. The number of carbonyl (C=O) groups is 2. The number of nitrogens with two attached hydrogens (primary N) is 1. The molecule has 0 aliphatic heterocycles. The van der Waals surface area contributed by atoms with Crippen molar-refractivity contribution < 1.29 is 9.59 Å². The molecule has 1 saturated carbocycles. The standard InChI is InChI=1S/C10H11ClN4O2/c11-6-3-7(5-13-4-6)14-9(17)15-10(1-2-10)8(12)16/h3-5H,1-2H2,(H2,12,16)(H2,14,15,17). The van der Waals surface area contributed by atoms with Gasteiger partial charge in [-0.1, -0.05) is 11.6 Å². The van der Waals surface area contributed by atoms with E-state index in [1.807, 2.05) is 0 Å². The van der Waals surface area contributed by atoms with Gasteiger partial charge in [-0.2, -0.15) is 0 Å². The van der Waals surface area contributed by atoms with Crippen molar-refractivity contribution in [2.45, 2.75) is 18.4 Å². The van der Waals surface area contributed by atoms with E-state index in [1.165, 1.54) is 12.4 Å². The minimum atomic E-state index is -0.879. The van der Waals surface area contributed by atoms with Crippen LogP contribution in [0.1, 0.15) is 12.8 Å². The number of rotatable bonds is 3. The van der Waals surface area contributed by atoms with Gasteiger partial charge < -0.3 is 16.4 Å². The summed E-state index contributed by atoms with van der Waals surface area (Å²) in [5.41, 5.74) is 4.76. The molecule has 1 aliphatic carbocycles. The SMILES string of the molecule is NC(=O)C1(NC(=O)Nc2cncc(Cl)c2)CC1. The summed E-state index contributed by atoms with van der Waals surface area (Å²) in [4.78, 5) is 26.5. The second kappa shape index (κ2) is 4.21. The molecular formula is C10H11ClN4O2. The van der Waals surface area contributed by atoms with Crippen LogP contribution in [0.5, 0.6) is 0 Å². The number of nitrogens with one attached hydrogen (secondary N) is 2. The first-order chi connectivity index (χ1) is 8.02. The maximum Gasteiger partial charge on any atom is 0.320 e. The molecule has 0 unspecified atom stereocenters. The van der Waals surface area contributed by atoms with Crippen LogP contribution in [0.25, 0.3) is 0 Å². The molecule has 7 heteroatoms. The monoisotopic (exact) mass is 254 g/mol. The zero-order chi connectivity index (χ0) is 12.5. The Morgan fingerprint density at radius 3 is 2.65 bits per heavy atom. The Morgan fingerprint density at radius 1 is 1.41 bits per heavy atom. The van der Waals surface area contributed by atoms with Gasteiger partial charge >= 0.3 is 6.03 Å². The summed E-state index contributed by atoms with van der Waals surface area (Å²) >= 11 is 5.72. The Balaban J connectivity index is 1.96. The van der Waals surface area contributed by atoms with Gasteiger partial charge in [-0.05, 0) is 18.9 Å². The van der Waals surface area contributed by atoms with Crippen molar-refractivity contribution in [2.75, 3.05) is 5.32 Å². The number of pyridine rings is 1. The number of nitrogens with zero attached hydrogens (tertiary/aromatic N) is 1. The summed E-state index contributed by atoms with van der Waals surface area (Å²) in [6.45, 7) is 0. The Labute approximate surface area is 103 Å². The highest BCUT2D eigenvalue weighted by Gasteiger charge is 2.49. The maximum atomic E-state index is 11.6. The molecule has 0 atom stereocenters. The minimum absolute atomic E-state index is 0.416. The van der Waals surface area contributed by atoms with Gasteiger partial charge in [0.15, 0.2) is 0 Å². The molecule has 1 fully saturated rings. The molecule has 0 aromatic carbocycles. The van der Waals surface area contributed by atoms with Crippen LogP contribution in [0.4, 0.5) is 10.5 Å². The van der Waals surface area contributed by atoms with Crippen LogP contribution in [0.2, 0.25) is 5.02 Å². The van der Waals surface area contributed by atoms with Gasteiger partial charge in [0.05, 0.1) is 16.9 Å². The zero-order valence-electron chi connectivity index (χ0n) is 8.87. The average Bonchev–Trinajstić information content (AvgIpc) is 2.98. The molecule has 1 aromatic rings. The smallest absolute Gasteiger partial charge is 0.320 e. The number of anilines is 1. The lowest BCUT2D eigenvalue weighted by molar-refractivity contribution is -0.120. The number of hydrogen-bond acceptors (Lipinski definition) is 3. The zero-order valence-corrected chi connectivity index (χ0v) is 9.62. The van der Waals surface area contributed by atoms with Gasteiger partial charge in [-0.15, -0.1) is 0 Å². The van der Waals surface area contributed by atoms with Crippen molar-refractivity contribution in [3.63, 3.8) is 0 Å². The third-order valence-electron chi connectivity index (χ3n) is 2.54. The second-order valence-electron chi connectivity index (χ2n) is 3.92. The molecule has 2 rings (SSSR count). The fourth-order valence-electron chi connectivity index (χ4n) is 1.42. The topological polar surface area (TPSA) is 97.1 Å². The van der Waals surface area contributed by atoms with E-state index in [1.54, 1.807) is 6.07 Å². The average molecular weight is 255 g/mol. The maximum absolute atomic E-state index is 11.6. The van der Waals surface area contributed by atoms with E-state index in [-0.39, 0.29) is 0 Å². The molecule has 6 nitrogen and oxygen atoms in total. The summed E-state index contributed by atoms with van der Waals surface area (Å²) in [7, 11) is 0. The normalized spacial score (nSPS) is 16.1. The van der Waals surface area contributed by atoms with Crippen molar-refractivity contribution in [1.29, 1.82) is 0 Å². The molecule has 90 valence electrons. The van der Waals surface area contributed by atoms with Crippen molar-refractivity contribution in [2.24, 2.45) is 5.73 Å². The van der Waals surface area contributed by atoms with E-state index in [0.29, 0.717) is 23.6 Å². The Hall–Kier alpha value is -1.82. The number of urea groups is 1. The molecule has 0 saturated heterocycles. The predicted molar refractivity (Wildman–Crippen MR) is 62.6 cm³/mol. The van der Waals surface area contributed by atoms with Crippen LogP contribution in [-0.4, -0.2) is 22.5 Å². The lowest BCUT2D eigenvalue weighted by Gasteiger charge is -2.14. The van der Waals surface area contributed by atoms with Crippen LogP contribution in [0, 0.1) is 0 Å². The first-order valence-corrected chi connectivity index (χ1v) is 5.39. The van der Waals surface area contributed by atoms with E-state index in [4.69, 9.17) is 17.3 Å². The van der Waals surface area contributed by atoms with Crippen LogP contribution in [-0.2, 0) is 4.79 Å². The van der Waals surface area contributed by atoms with Crippen molar-refractivity contribution >= 4 is 29.2 Å². The number of carbonyl (C=O) groups excluding carboxylic acids is 2. The van der Waals surface area contributed by atoms with Gasteiger partial charge in [0, 0.05) is 6.20 Å². The largest absolute Gasteiger partial charge is 0.368 e. The first kappa shape index (κ1) is 11.7. The lowest BCUT2D eigenvalue weighted by atomic mass is 10.2. The van der Waals surface area contributed by atoms with E-state index < -0.39 is 17.5 Å². The third kappa shape index (κ3) is 2.65. The molecule has 0 radical (unpaired) electrons. The van der Waals surface area contributed by atoms with Crippen LogP contribution in [0.15, 0.2) is 18.5 Å². The minimum Gasteiger partial charge on any atom is -0.368 e. The molecule has 1 aliphatic rings. The molecule has 3 amide bonds. The predicted octanol–water partition coefficient (Wildman–Crippen LogP) is 0.874. The van der Waals surface area contributed by atoms with Crippen LogP contribution >= 0.6 is 11.6 Å². The van der Waals surface area contributed by atoms with E-state index in [2.05, 4.69) is 15.6 Å². The number of halogens is 1. The van der Waals surface area contributed by atoms with Crippen LogP contribution < -0.4 is 16.4 Å². The Kier molecular flexibility index (Phi) is 2.89. The van der Waals surface area contributed by atoms with Crippen molar-refractivity contribution in [3.8, 4) is 0 Å². The molecular weight excluding hydrogens is 244 g/mol. The number of primary amides is 1. The highest BCUT2D eigenvalue weighted by atomic mass is 35.5. The summed E-state index contributed by atoms with van der Waals surface area (Å²) in [6.07, 6.45) is 4.05. The van der Waals surface area contributed by atoms with Crippen molar-refractivity contribution in [3.05, 3.63) is 23.5 Å². The quantitative estimate of drug-likeness (QED) is 0.747. The van der Waals surface area contributed by atoms with Gasteiger partial charge in [0.1, 0.15) is 5.54 Å². The molecule has 4 N–H and O–H groups in total. The van der Waals surface area contributed by atoms with E-state index >= 15 is 0 Å². The Morgan fingerprint density at radius 2 is 2.12 bits per heavy atom. The fourth-order valence-corrected chi connectivity index (χ4v) is 1.59. The highest BCUT2D eigenvalue weighted by molar-refractivity contribution is 6.30. The highest BCUT2D eigenvalue weighted by Crippen LogP contribution is 2.34. The fraction of sp³-hybridized carbons (Fsp3) is 0.300. The van der Waals surface area contributed by atoms with Gasteiger partial charge in [0.2, 0.25) is 5.91 Å². The van der Waals surface area contributed by atoms with E-state index in [0.717, 1.165) is 0 Å². The molecule has 17 heavy (non-hydrogen) atoms. The third-order valence-corrected chi connectivity index (χ3v) is 2.74. The second-order valence-corrected chi connectivity index (χ2v) is 4.35. The summed E-state index contributed by atoms with van der Waals surface area (Å²) in [5, 5.41) is 5.48. The molecule has 0 spiro atoms. The van der Waals surface area contributed by atoms with Crippen molar-refractivity contribution in [1.82, 2.24) is 10.3 Å². The van der Waals surface area contributed by atoms with Gasteiger partial charge in [-0.3, -0.25) is 9.78 Å². The van der Waals surface area contributed by atoms with Gasteiger partial charge in [0.25, 0.3) is 0 Å². The number of amides is 3. The summed E-state index contributed by atoms with van der Waals surface area (Å²) < 4.78 is 0. The first-order valence-electron chi connectivity index (χ1n) is 5.01. The van der Waals surface area contributed by atoms with Gasteiger partial charge in [-0.25, -0.2) is 4.79 Å². The number of hydrogen-bond donors (Lipinski definition) is 3. The molecule has 1 heterocycles. The summed E-state index contributed by atoms with van der Waals surface area (Å²) in [5.74, 6) is -0.517. The molecule has 1 aromatic heterocycles. The Bertz CT molecular complexity index is 473. The lowest BCUT2D eigenvalue weighted by Crippen LogP contribution is -2.48. The molecule has 0 bridgehead atoms. The van der Waals surface area contributed by atoms with E-state index in [9.17, 15) is 9.59 Å².